The lowest BCUT2D eigenvalue weighted by atomic mass is 9.53. The van der Waals surface area contributed by atoms with Crippen molar-refractivity contribution in [3.05, 3.63) is 29.8 Å². The molecule has 2 N–H and O–H groups in total. The largest absolute Gasteiger partial charge is 0.347 e. The maximum Gasteiger partial charge on any atom is 0.253 e. The van der Waals surface area contributed by atoms with Crippen molar-refractivity contribution < 1.29 is 13.2 Å². The fraction of sp³-hybridized carbons (Fsp3) is 0.611. The molecule has 5 nitrogen and oxygen atoms in total. The predicted molar refractivity (Wildman–Crippen MR) is 93.3 cm³/mol. The number of hydrogen-bond acceptors (Lipinski definition) is 3. The molecule has 130 valence electrons. The van der Waals surface area contributed by atoms with Crippen molar-refractivity contribution in [1.82, 2.24) is 5.32 Å². The highest BCUT2D eigenvalue weighted by Gasteiger charge is 2.51. The normalized spacial score (nSPS) is 34.1. The summed E-state index contributed by atoms with van der Waals surface area (Å²) in [4.78, 5) is 12.9. The second kappa shape index (κ2) is 5.48. The number of nitrogens with one attached hydrogen (secondary N) is 2. The van der Waals surface area contributed by atoms with Crippen LogP contribution in [0.3, 0.4) is 0 Å². The first-order valence-electron chi connectivity index (χ1n) is 8.71. The standard InChI is InChI=1S/C18H24N2O3S/c1-24(22,23)20-16-5-3-2-4-15(16)17(21)19-18-9-12-6-13(10-18)8-14(7-12)11-18/h2-5,12-14,20H,6-11H2,1H3,(H,19,21). The van der Waals surface area contributed by atoms with Gasteiger partial charge in [-0.25, -0.2) is 8.42 Å². The highest BCUT2D eigenvalue weighted by molar-refractivity contribution is 7.92. The van der Waals surface area contributed by atoms with Gasteiger partial charge in [-0.15, -0.1) is 0 Å². The van der Waals surface area contributed by atoms with Gasteiger partial charge in [0, 0.05) is 5.54 Å². The van der Waals surface area contributed by atoms with E-state index in [1.165, 1.54) is 19.3 Å². The molecule has 1 amide bonds. The molecule has 6 heteroatoms. The van der Waals surface area contributed by atoms with Gasteiger partial charge < -0.3 is 5.32 Å². The van der Waals surface area contributed by atoms with Crippen LogP contribution in [-0.2, 0) is 10.0 Å². The highest BCUT2D eigenvalue weighted by Crippen LogP contribution is 2.55. The molecule has 0 heterocycles. The van der Waals surface area contributed by atoms with Crippen LogP contribution in [0.15, 0.2) is 24.3 Å². The van der Waals surface area contributed by atoms with Gasteiger partial charge in [0.05, 0.1) is 17.5 Å². The average molecular weight is 348 g/mol. The van der Waals surface area contributed by atoms with E-state index in [9.17, 15) is 13.2 Å². The third kappa shape index (κ3) is 3.04. The Morgan fingerprint density at radius 1 is 1.04 bits per heavy atom. The number of para-hydroxylation sites is 1. The zero-order chi connectivity index (χ0) is 16.9. The van der Waals surface area contributed by atoms with Gasteiger partial charge in [0.25, 0.3) is 5.91 Å². The van der Waals surface area contributed by atoms with E-state index in [0.717, 1.165) is 43.3 Å². The second-order valence-corrected chi connectivity index (χ2v) is 9.82. The van der Waals surface area contributed by atoms with Gasteiger partial charge in [0.1, 0.15) is 0 Å². The molecule has 0 atom stereocenters. The van der Waals surface area contributed by atoms with Gasteiger partial charge in [-0.3, -0.25) is 9.52 Å². The Morgan fingerprint density at radius 2 is 1.58 bits per heavy atom. The average Bonchev–Trinajstić information content (AvgIpc) is 2.43. The number of amides is 1. The third-order valence-electron chi connectivity index (χ3n) is 5.88. The molecule has 4 aliphatic rings. The lowest BCUT2D eigenvalue weighted by Crippen LogP contribution is -2.59. The lowest BCUT2D eigenvalue weighted by molar-refractivity contribution is -0.0166. The first-order chi connectivity index (χ1) is 11.3. The van der Waals surface area contributed by atoms with Crippen molar-refractivity contribution in [1.29, 1.82) is 0 Å². The van der Waals surface area contributed by atoms with Crippen LogP contribution < -0.4 is 10.0 Å². The molecular weight excluding hydrogens is 324 g/mol. The monoisotopic (exact) mass is 348 g/mol. The Balaban J connectivity index is 1.57. The molecule has 0 aromatic heterocycles. The first kappa shape index (κ1) is 15.9. The summed E-state index contributed by atoms with van der Waals surface area (Å²) >= 11 is 0. The minimum atomic E-state index is -3.42. The fourth-order valence-electron chi connectivity index (χ4n) is 5.54. The van der Waals surface area contributed by atoms with Crippen LogP contribution in [0.5, 0.6) is 0 Å². The number of rotatable bonds is 4. The number of benzene rings is 1. The Labute approximate surface area is 143 Å². The lowest BCUT2D eigenvalue weighted by Gasteiger charge is -2.56. The summed E-state index contributed by atoms with van der Waals surface area (Å²) in [7, 11) is -3.42. The number of carbonyl (C=O) groups excluding carboxylic acids is 1. The molecular formula is C18H24N2O3S. The van der Waals surface area contributed by atoms with E-state index in [1.807, 2.05) is 0 Å². The molecule has 24 heavy (non-hydrogen) atoms. The van der Waals surface area contributed by atoms with Crippen molar-refractivity contribution in [3.8, 4) is 0 Å². The van der Waals surface area contributed by atoms with E-state index in [2.05, 4.69) is 10.0 Å². The van der Waals surface area contributed by atoms with Crippen LogP contribution in [0.1, 0.15) is 48.9 Å². The van der Waals surface area contributed by atoms with Crippen LogP contribution in [0.4, 0.5) is 5.69 Å². The van der Waals surface area contributed by atoms with Crippen LogP contribution in [0.2, 0.25) is 0 Å². The molecule has 4 aliphatic carbocycles. The van der Waals surface area contributed by atoms with Gasteiger partial charge in [0.2, 0.25) is 10.0 Å². The predicted octanol–water partition coefficient (Wildman–Crippen LogP) is 2.76. The smallest absolute Gasteiger partial charge is 0.253 e. The molecule has 0 aliphatic heterocycles. The van der Waals surface area contributed by atoms with Crippen molar-refractivity contribution in [2.75, 3.05) is 11.0 Å². The minimum absolute atomic E-state index is 0.0793. The molecule has 0 radical (unpaired) electrons. The highest BCUT2D eigenvalue weighted by atomic mass is 32.2. The first-order valence-corrected chi connectivity index (χ1v) is 10.6. The summed E-state index contributed by atoms with van der Waals surface area (Å²) < 4.78 is 25.5. The zero-order valence-corrected chi connectivity index (χ0v) is 14.7. The van der Waals surface area contributed by atoms with Crippen molar-refractivity contribution in [2.24, 2.45) is 17.8 Å². The summed E-state index contributed by atoms with van der Waals surface area (Å²) in [6, 6.07) is 6.82. The topological polar surface area (TPSA) is 75.3 Å². The number of anilines is 1. The zero-order valence-electron chi connectivity index (χ0n) is 13.9. The number of sulfonamides is 1. The molecule has 0 unspecified atom stereocenters. The van der Waals surface area contributed by atoms with Crippen LogP contribution >= 0.6 is 0 Å². The maximum atomic E-state index is 12.9. The Kier molecular flexibility index (Phi) is 3.64. The Morgan fingerprint density at radius 3 is 2.12 bits per heavy atom. The molecule has 0 saturated heterocycles. The molecule has 0 spiro atoms. The van der Waals surface area contributed by atoms with E-state index >= 15 is 0 Å². The SMILES string of the molecule is CS(=O)(=O)Nc1ccccc1C(=O)NC12CC3CC(CC(C3)C1)C2. The molecule has 4 fully saturated rings. The minimum Gasteiger partial charge on any atom is -0.347 e. The van der Waals surface area contributed by atoms with Crippen molar-refractivity contribution in [2.45, 2.75) is 44.1 Å². The Hall–Kier alpha value is -1.56. The van der Waals surface area contributed by atoms with E-state index < -0.39 is 10.0 Å². The maximum absolute atomic E-state index is 12.9. The summed E-state index contributed by atoms with van der Waals surface area (Å²) in [5.41, 5.74) is 0.672. The Bertz CT molecular complexity index is 737. The fourth-order valence-corrected chi connectivity index (χ4v) is 6.12. The van der Waals surface area contributed by atoms with Crippen molar-refractivity contribution >= 4 is 21.6 Å². The van der Waals surface area contributed by atoms with E-state index in [-0.39, 0.29) is 11.4 Å². The summed E-state index contributed by atoms with van der Waals surface area (Å²) in [6.45, 7) is 0. The number of hydrogen-bond donors (Lipinski definition) is 2. The summed E-state index contributed by atoms with van der Waals surface area (Å²) in [5.74, 6) is 2.09. The van der Waals surface area contributed by atoms with Crippen LogP contribution in [0, 0.1) is 17.8 Å². The second-order valence-electron chi connectivity index (χ2n) is 8.07. The van der Waals surface area contributed by atoms with Crippen LogP contribution in [-0.4, -0.2) is 26.1 Å². The van der Waals surface area contributed by atoms with E-state index in [1.54, 1.807) is 24.3 Å². The van der Waals surface area contributed by atoms with Crippen molar-refractivity contribution in [3.63, 3.8) is 0 Å². The van der Waals surface area contributed by atoms with E-state index in [0.29, 0.717) is 11.3 Å². The molecule has 1 aromatic rings. The van der Waals surface area contributed by atoms with Gasteiger partial charge in [-0.05, 0) is 68.4 Å². The van der Waals surface area contributed by atoms with Gasteiger partial charge in [-0.1, -0.05) is 12.1 Å². The quantitative estimate of drug-likeness (QED) is 0.878. The third-order valence-corrected chi connectivity index (χ3v) is 6.47. The molecule has 4 saturated carbocycles. The van der Waals surface area contributed by atoms with E-state index in [4.69, 9.17) is 0 Å². The molecule has 1 aromatic carbocycles. The molecule has 4 bridgehead atoms. The van der Waals surface area contributed by atoms with Gasteiger partial charge in [-0.2, -0.15) is 0 Å². The summed E-state index contributed by atoms with van der Waals surface area (Å²) in [6.07, 6.45) is 8.29. The molecule has 5 rings (SSSR count). The van der Waals surface area contributed by atoms with Gasteiger partial charge >= 0.3 is 0 Å². The number of carbonyl (C=O) groups is 1. The van der Waals surface area contributed by atoms with Crippen LogP contribution in [0.25, 0.3) is 0 Å². The summed E-state index contributed by atoms with van der Waals surface area (Å²) in [5, 5.41) is 3.29. The van der Waals surface area contributed by atoms with Gasteiger partial charge in [0.15, 0.2) is 0 Å².